The van der Waals surface area contributed by atoms with Crippen molar-refractivity contribution in [3.8, 4) is 0 Å². The first-order valence-electron chi connectivity index (χ1n) is 8.35. The molecule has 2 aromatic heterocycles. The normalized spacial score (nSPS) is 18.4. The fourth-order valence-corrected chi connectivity index (χ4v) is 3.56. The number of nitrogens with zero attached hydrogens (tertiary/aromatic N) is 5. The predicted octanol–water partition coefficient (Wildman–Crippen LogP) is 2.09. The number of aromatic nitrogens is 4. The number of hydrogen-bond acceptors (Lipinski definition) is 6. The Bertz CT molecular complexity index is 710. The van der Waals surface area contributed by atoms with E-state index < -0.39 is 0 Å². The molecule has 4 rings (SSSR count). The molecule has 2 aliphatic rings. The van der Waals surface area contributed by atoms with Gasteiger partial charge in [-0.25, -0.2) is 0 Å². The van der Waals surface area contributed by atoms with Crippen LogP contribution in [-0.4, -0.2) is 46.8 Å². The summed E-state index contributed by atoms with van der Waals surface area (Å²) < 4.78 is 7.74. The minimum Gasteiger partial charge on any atom is -0.381 e. The lowest BCUT2D eigenvalue weighted by molar-refractivity contribution is 0.0654. The molecular formula is C16H21ClN6O. The largest absolute Gasteiger partial charge is 0.381 e. The van der Waals surface area contributed by atoms with Crippen LogP contribution in [0.5, 0.6) is 0 Å². The molecule has 0 saturated carbocycles. The SMILES string of the molecule is CN(c1ccc(Cl)nn1)c1nn(C2CCOCC2)c2c1CNCC2. The molecule has 2 aromatic rings. The van der Waals surface area contributed by atoms with Crippen molar-refractivity contribution in [2.24, 2.45) is 0 Å². The number of anilines is 2. The third kappa shape index (κ3) is 2.87. The number of fused-ring (bicyclic) bond motifs is 1. The number of hydrogen-bond donors (Lipinski definition) is 1. The van der Waals surface area contributed by atoms with Crippen molar-refractivity contribution in [1.29, 1.82) is 0 Å². The quantitative estimate of drug-likeness (QED) is 0.916. The maximum Gasteiger partial charge on any atom is 0.160 e. The minimum absolute atomic E-state index is 0.392. The molecule has 1 saturated heterocycles. The van der Waals surface area contributed by atoms with Gasteiger partial charge >= 0.3 is 0 Å². The number of ether oxygens (including phenoxy) is 1. The summed E-state index contributed by atoms with van der Waals surface area (Å²) in [6.07, 6.45) is 3.04. The lowest BCUT2D eigenvalue weighted by Crippen LogP contribution is -2.28. The van der Waals surface area contributed by atoms with Gasteiger partial charge in [0, 0.05) is 51.0 Å². The van der Waals surface area contributed by atoms with Crippen molar-refractivity contribution in [1.82, 2.24) is 25.3 Å². The molecule has 4 heterocycles. The standard InChI is InChI=1S/C16H21ClN6O/c1-22(15-3-2-14(17)19-20-15)16-12-10-18-7-4-13(12)23(21-16)11-5-8-24-9-6-11/h2-3,11,18H,4-10H2,1H3. The van der Waals surface area contributed by atoms with Crippen molar-refractivity contribution >= 4 is 23.2 Å². The predicted molar refractivity (Wildman–Crippen MR) is 91.8 cm³/mol. The second-order valence-corrected chi connectivity index (χ2v) is 6.62. The Hall–Kier alpha value is -1.70. The maximum absolute atomic E-state index is 5.85. The van der Waals surface area contributed by atoms with E-state index in [1.807, 2.05) is 18.0 Å². The molecule has 0 aromatic carbocycles. The van der Waals surface area contributed by atoms with Gasteiger partial charge in [0.25, 0.3) is 0 Å². The summed E-state index contributed by atoms with van der Waals surface area (Å²) in [5, 5.41) is 16.9. The van der Waals surface area contributed by atoms with Crippen molar-refractivity contribution < 1.29 is 4.74 Å². The van der Waals surface area contributed by atoms with Gasteiger partial charge in [-0.15, -0.1) is 10.2 Å². The highest BCUT2D eigenvalue weighted by atomic mass is 35.5. The van der Waals surface area contributed by atoms with Gasteiger partial charge in [0.05, 0.1) is 6.04 Å². The summed E-state index contributed by atoms with van der Waals surface area (Å²) >= 11 is 5.85. The molecule has 0 atom stereocenters. The first-order valence-corrected chi connectivity index (χ1v) is 8.73. The monoisotopic (exact) mass is 348 g/mol. The zero-order chi connectivity index (χ0) is 16.5. The highest BCUT2D eigenvalue weighted by molar-refractivity contribution is 6.29. The Morgan fingerprint density at radius 2 is 2.12 bits per heavy atom. The molecule has 8 heteroatoms. The van der Waals surface area contributed by atoms with Gasteiger partial charge in [0.1, 0.15) is 0 Å². The first-order chi connectivity index (χ1) is 11.7. The van der Waals surface area contributed by atoms with E-state index in [-0.39, 0.29) is 0 Å². The third-order valence-corrected chi connectivity index (χ3v) is 4.96. The number of nitrogens with one attached hydrogen (secondary N) is 1. The Balaban J connectivity index is 1.72. The summed E-state index contributed by atoms with van der Waals surface area (Å²) in [4.78, 5) is 1.99. The van der Waals surface area contributed by atoms with Crippen LogP contribution < -0.4 is 10.2 Å². The molecule has 1 N–H and O–H groups in total. The molecule has 128 valence electrons. The second-order valence-electron chi connectivity index (χ2n) is 6.24. The Kier molecular flexibility index (Phi) is 4.39. The third-order valence-electron chi connectivity index (χ3n) is 4.75. The van der Waals surface area contributed by atoms with Crippen LogP contribution in [-0.2, 0) is 17.7 Å². The Labute approximate surface area is 146 Å². The van der Waals surface area contributed by atoms with E-state index in [0.717, 1.165) is 57.2 Å². The van der Waals surface area contributed by atoms with E-state index in [2.05, 4.69) is 20.2 Å². The average molecular weight is 349 g/mol. The van der Waals surface area contributed by atoms with Crippen LogP contribution >= 0.6 is 11.6 Å². The molecule has 2 aliphatic heterocycles. The molecule has 24 heavy (non-hydrogen) atoms. The van der Waals surface area contributed by atoms with Gasteiger partial charge in [-0.1, -0.05) is 11.6 Å². The van der Waals surface area contributed by atoms with E-state index in [9.17, 15) is 0 Å². The van der Waals surface area contributed by atoms with Crippen LogP contribution in [0.2, 0.25) is 5.15 Å². The summed E-state index contributed by atoms with van der Waals surface area (Å²) in [5.41, 5.74) is 2.59. The maximum atomic E-state index is 5.85. The van der Waals surface area contributed by atoms with Crippen LogP contribution in [0.1, 0.15) is 30.1 Å². The lowest BCUT2D eigenvalue weighted by Gasteiger charge is -2.25. The average Bonchev–Trinajstić information content (AvgIpc) is 3.02. The van der Waals surface area contributed by atoms with Crippen LogP contribution in [0.3, 0.4) is 0 Å². The highest BCUT2D eigenvalue weighted by Crippen LogP contribution is 2.33. The topological polar surface area (TPSA) is 68.1 Å². The van der Waals surface area contributed by atoms with E-state index in [4.69, 9.17) is 21.4 Å². The molecule has 0 bridgehead atoms. The molecule has 0 spiro atoms. The molecule has 1 fully saturated rings. The van der Waals surface area contributed by atoms with Crippen LogP contribution in [0, 0.1) is 0 Å². The van der Waals surface area contributed by atoms with E-state index in [1.54, 1.807) is 6.07 Å². The fraction of sp³-hybridized carbons (Fsp3) is 0.562. The molecule has 0 radical (unpaired) electrons. The highest BCUT2D eigenvalue weighted by Gasteiger charge is 2.28. The smallest absolute Gasteiger partial charge is 0.160 e. The van der Waals surface area contributed by atoms with Crippen molar-refractivity contribution in [3.63, 3.8) is 0 Å². The van der Waals surface area contributed by atoms with Gasteiger partial charge in [0.2, 0.25) is 0 Å². The van der Waals surface area contributed by atoms with Gasteiger partial charge in [-0.05, 0) is 25.0 Å². The van der Waals surface area contributed by atoms with Gasteiger partial charge in [-0.3, -0.25) is 4.68 Å². The number of halogens is 1. The van der Waals surface area contributed by atoms with Crippen molar-refractivity contribution in [2.75, 3.05) is 31.7 Å². The first kappa shape index (κ1) is 15.8. The number of rotatable bonds is 3. The van der Waals surface area contributed by atoms with Crippen LogP contribution in [0.25, 0.3) is 0 Å². The van der Waals surface area contributed by atoms with Gasteiger partial charge < -0.3 is 15.0 Å². The summed E-state index contributed by atoms with van der Waals surface area (Å²) in [6, 6.07) is 4.04. The van der Waals surface area contributed by atoms with Crippen LogP contribution in [0.15, 0.2) is 12.1 Å². The fourth-order valence-electron chi connectivity index (χ4n) is 3.45. The van der Waals surface area contributed by atoms with Gasteiger partial charge in [0.15, 0.2) is 16.8 Å². The van der Waals surface area contributed by atoms with E-state index in [0.29, 0.717) is 11.2 Å². The zero-order valence-electron chi connectivity index (χ0n) is 13.7. The zero-order valence-corrected chi connectivity index (χ0v) is 14.5. The van der Waals surface area contributed by atoms with Crippen LogP contribution in [0.4, 0.5) is 11.6 Å². The lowest BCUT2D eigenvalue weighted by atomic mass is 10.1. The molecule has 7 nitrogen and oxygen atoms in total. The van der Waals surface area contributed by atoms with E-state index in [1.165, 1.54) is 11.3 Å². The van der Waals surface area contributed by atoms with E-state index >= 15 is 0 Å². The second kappa shape index (κ2) is 6.66. The van der Waals surface area contributed by atoms with Gasteiger partial charge in [-0.2, -0.15) is 5.10 Å². The molecule has 0 amide bonds. The minimum atomic E-state index is 0.392. The molecule has 0 unspecified atom stereocenters. The molecule has 0 aliphatic carbocycles. The van der Waals surface area contributed by atoms with Crippen molar-refractivity contribution in [2.45, 2.75) is 31.8 Å². The summed E-state index contributed by atoms with van der Waals surface area (Å²) in [7, 11) is 1.98. The molecular weight excluding hydrogens is 328 g/mol. The van der Waals surface area contributed by atoms with Crippen molar-refractivity contribution in [3.05, 3.63) is 28.5 Å². The summed E-state index contributed by atoms with van der Waals surface area (Å²) in [6.45, 7) is 3.45. The Morgan fingerprint density at radius 1 is 1.29 bits per heavy atom. The Morgan fingerprint density at radius 3 is 2.88 bits per heavy atom. The summed E-state index contributed by atoms with van der Waals surface area (Å²) in [5.74, 6) is 1.68.